The number of ether oxygens (including phenoxy) is 1. The zero-order valence-corrected chi connectivity index (χ0v) is 14.2. The van der Waals surface area contributed by atoms with E-state index in [-0.39, 0.29) is 4.83 Å². The number of aryl methyl sites for hydroxylation is 1. The van der Waals surface area contributed by atoms with Crippen molar-refractivity contribution in [2.45, 2.75) is 18.7 Å². The Kier molecular flexibility index (Phi) is 4.87. The topological polar surface area (TPSA) is 9.23 Å². The van der Waals surface area contributed by atoms with Crippen molar-refractivity contribution in [1.82, 2.24) is 0 Å². The van der Waals surface area contributed by atoms with Crippen LogP contribution in [0.2, 0.25) is 0 Å². The summed E-state index contributed by atoms with van der Waals surface area (Å²) in [5.74, 6) is 0.948. The fourth-order valence-corrected chi connectivity index (χ4v) is 4.09. The van der Waals surface area contributed by atoms with Gasteiger partial charge in [0.25, 0.3) is 0 Å². The lowest BCUT2D eigenvalue weighted by Gasteiger charge is -2.13. The highest BCUT2D eigenvalue weighted by atomic mass is 79.9. The first-order chi connectivity index (χ1) is 8.63. The van der Waals surface area contributed by atoms with E-state index in [9.17, 15) is 0 Å². The maximum Gasteiger partial charge on any atom is 0.123 e. The van der Waals surface area contributed by atoms with Crippen molar-refractivity contribution in [3.63, 3.8) is 0 Å². The lowest BCUT2D eigenvalue weighted by Crippen LogP contribution is -1.98. The van der Waals surface area contributed by atoms with E-state index in [0.717, 1.165) is 5.75 Å². The van der Waals surface area contributed by atoms with Gasteiger partial charge in [-0.3, -0.25) is 0 Å². The molecule has 0 spiro atoms. The zero-order chi connectivity index (χ0) is 13.1. The van der Waals surface area contributed by atoms with Crippen molar-refractivity contribution in [3.05, 3.63) is 50.1 Å². The number of para-hydroxylation sites is 1. The minimum atomic E-state index is 0.176. The van der Waals surface area contributed by atoms with Gasteiger partial charge in [0.05, 0.1) is 11.4 Å². The molecule has 4 heteroatoms. The third-order valence-corrected chi connectivity index (χ3v) is 6.11. The van der Waals surface area contributed by atoms with Crippen molar-refractivity contribution in [2.75, 3.05) is 6.61 Å². The van der Waals surface area contributed by atoms with E-state index in [1.165, 1.54) is 19.8 Å². The Hall–Kier alpha value is -0.320. The van der Waals surface area contributed by atoms with Crippen LogP contribution in [0.5, 0.6) is 5.75 Å². The molecule has 0 aliphatic heterocycles. The van der Waals surface area contributed by atoms with E-state index in [1.807, 2.05) is 25.1 Å². The molecule has 0 radical (unpaired) electrons. The monoisotopic (exact) mass is 388 g/mol. The van der Waals surface area contributed by atoms with Crippen molar-refractivity contribution < 1.29 is 4.74 Å². The molecule has 1 heterocycles. The number of hydrogen-bond acceptors (Lipinski definition) is 2. The molecule has 0 saturated carbocycles. The Morgan fingerprint density at radius 3 is 2.67 bits per heavy atom. The largest absolute Gasteiger partial charge is 0.494 e. The molecular formula is C14H14Br2OS. The van der Waals surface area contributed by atoms with Gasteiger partial charge in [0, 0.05) is 19.8 Å². The number of alkyl halides is 1. The number of benzene rings is 1. The van der Waals surface area contributed by atoms with Crippen LogP contribution in [0.4, 0.5) is 0 Å². The molecule has 96 valence electrons. The van der Waals surface area contributed by atoms with Crippen molar-refractivity contribution in [1.29, 1.82) is 0 Å². The third-order valence-electron chi connectivity index (χ3n) is 2.62. The summed E-state index contributed by atoms with van der Waals surface area (Å²) in [4.78, 5) is 2.75. The molecule has 0 fully saturated rings. The summed E-state index contributed by atoms with van der Waals surface area (Å²) < 4.78 is 6.85. The Morgan fingerprint density at radius 1 is 1.33 bits per heavy atom. The minimum Gasteiger partial charge on any atom is -0.494 e. The summed E-state index contributed by atoms with van der Waals surface area (Å²) in [5, 5.41) is 0. The maximum absolute atomic E-state index is 5.68. The first kappa shape index (κ1) is 14.1. The van der Waals surface area contributed by atoms with Crippen LogP contribution in [-0.2, 0) is 0 Å². The molecule has 1 aromatic carbocycles. The molecule has 2 aromatic rings. The number of hydrogen-bond donors (Lipinski definition) is 0. The van der Waals surface area contributed by atoms with Gasteiger partial charge in [-0.1, -0.05) is 34.1 Å². The van der Waals surface area contributed by atoms with Crippen LogP contribution >= 0.6 is 43.2 Å². The second-order valence-electron chi connectivity index (χ2n) is 3.89. The normalized spacial score (nSPS) is 12.4. The van der Waals surface area contributed by atoms with E-state index in [1.54, 1.807) is 11.3 Å². The molecule has 1 nitrogen and oxygen atoms in total. The van der Waals surface area contributed by atoms with E-state index in [2.05, 4.69) is 50.9 Å². The highest BCUT2D eigenvalue weighted by Crippen LogP contribution is 2.41. The Bertz CT molecular complexity index is 517. The molecule has 0 bridgehead atoms. The highest BCUT2D eigenvalue weighted by Gasteiger charge is 2.17. The second kappa shape index (κ2) is 6.22. The lowest BCUT2D eigenvalue weighted by atomic mass is 10.1. The summed E-state index contributed by atoms with van der Waals surface area (Å²) in [6, 6.07) is 10.3. The van der Waals surface area contributed by atoms with Crippen LogP contribution in [0.3, 0.4) is 0 Å². The van der Waals surface area contributed by atoms with Crippen molar-refractivity contribution in [2.24, 2.45) is 0 Å². The first-order valence-electron chi connectivity index (χ1n) is 5.75. The van der Waals surface area contributed by atoms with Gasteiger partial charge in [-0.05, 0) is 41.9 Å². The summed E-state index contributed by atoms with van der Waals surface area (Å²) in [5.41, 5.74) is 1.17. The smallest absolute Gasteiger partial charge is 0.123 e. The fraction of sp³-hybridized carbons (Fsp3) is 0.286. The summed E-state index contributed by atoms with van der Waals surface area (Å²) >= 11 is 9.13. The molecule has 1 atom stereocenters. The summed E-state index contributed by atoms with van der Waals surface area (Å²) in [6.45, 7) is 4.81. The quantitative estimate of drug-likeness (QED) is 0.609. The molecule has 0 aliphatic carbocycles. The van der Waals surface area contributed by atoms with E-state index in [4.69, 9.17) is 4.74 Å². The van der Waals surface area contributed by atoms with E-state index < -0.39 is 0 Å². The van der Waals surface area contributed by atoms with Crippen LogP contribution in [-0.4, -0.2) is 6.61 Å². The third kappa shape index (κ3) is 2.98. The number of rotatable bonds is 4. The van der Waals surface area contributed by atoms with Crippen molar-refractivity contribution in [3.8, 4) is 5.75 Å². The Morgan fingerprint density at radius 2 is 2.06 bits per heavy atom. The standard InChI is InChI=1S/C14H14Br2OS/c1-3-17-12-7-5-4-6-10(12)14(16)13-8-11(15)9(2)18-13/h4-8,14H,3H2,1-2H3. The molecular weight excluding hydrogens is 376 g/mol. The van der Waals surface area contributed by atoms with Gasteiger partial charge in [-0.25, -0.2) is 0 Å². The Labute approximate surface area is 128 Å². The molecule has 1 aromatic heterocycles. The van der Waals surface area contributed by atoms with Gasteiger partial charge in [0.2, 0.25) is 0 Å². The summed E-state index contributed by atoms with van der Waals surface area (Å²) in [6.07, 6.45) is 0. The van der Waals surface area contributed by atoms with E-state index in [0.29, 0.717) is 6.61 Å². The average molecular weight is 390 g/mol. The minimum absolute atomic E-state index is 0.176. The molecule has 1 unspecified atom stereocenters. The molecule has 18 heavy (non-hydrogen) atoms. The number of halogens is 2. The predicted octanol–water partition coefficient (Wildman–Crippen LogP) is 5.70. The van der Waals surface area contributed by atoms with Crippen LogP contribution in [0, 0.1) is 6.92 Å². The van der Waals surface area contributed by atoms with Gasteiger partial charge < -0.3 is 4.74 Å². The first-order valence-corrected chi connectivity index (χ1v) is 8.27. The highest BCUT2D eigenvalue weighted by molar-refractivity contribution is 9.10. The fourth-order valence-electron chi connectivity index (χ4n) is 1.74. The van der Waals surface area contributed by atoms with Crippen molar-refractivity contribution >= 4 is 43.2 Å². The van der Waals surface area contributed by atoms with Gasteiger partial charge in [0.15, 0.2) is 0 Å². The van der Waals surface area contributed by atoms with Crippen LogP contribution in [0.25, 0.3) is 0 Å². The molecule has 0 aliphatic rings. The van der Waals surface area contributed by atoms with Crippen LogP contribution in [0.1, 0.15) is 27.1 Å². The SMILES string of the molecule is CCOc1ccccc1C(Br)c1cc(Br)c(C)s1. The predicted molar refractivity (Wildman–Crippen MR) is 85.1 cm³/mol. The molecule has 0 N–H and O–H groups in total. The molecule has 2 rings (SSSR count). The summed E-state index contributed by atoms with van der Waals surface area (Å²) in [7, 11) is 0. The maximum atomic E-state index is 5.68. The average Bonchev–Trinajstić information content (AvgIpc) is 2.70. The van der Waals surface area contributed by atoms with Gasteiger partial charge in [0.1, 0.15) is 5.75 Å². The Balaban J connectivity index is 2.36. The van der Waals surface area contributed by atoms with Crippen LogP contribution in [0.15, 0.2) is 34.8 Å². The van der Waals surface area contributed by atoms with Gasteiger partial charge in [-0.15, -0.1) is 11.3 Å². The molecule has 0 saturated heterocycles. The zero-order valence-electron chi connectivity index (χ0n) is 10.2. The van der Waals surface area contributed by atoms with Crippen LogP contribution < -0.4 is 4.74 Å². The van der Waals surface area contributed by atoms with E-state index >= 15 is 0 Å². The van der Waals surface area contributed by atoms with Gasteiger partial charge in [-0.2, -0.15) is 0 Å². The number of thiophene rings is 1. The molecule has 0 amide bonds. The second-order valence-corrected chi connectivity index (χ2v) is 6.94. The van der Waals surface area contributed by atoms with Gasteiger partial charge >= 0.3 is 0 Å². The lowest BCUT2D eigenvalue weighted by molar-refractivity contribution is 0.337.